The number of anilines is 1. The molecule has 1 fully saturated rings. The first kappa shape index (κ1) is 32.3. The molecule has 1 aromatic heterocycles. The number of piperidine rings is 1. The van der Waals surface area contributed by atoms with Crippen LogP contribution in [0.25, 0.3) is 0 Å². The predicted molar refractivity (Wildman–Crippen MR) is 168 cm³/mol. The van der Waals surface area contributed by atoms with Crippen LogP contribution in [0.3, 0.4) is 0 Å². The maximum atomic E-state index is 13.1. The lowest BCUT2D eigenvalue weighted by atomic mass is 9.98. The Morgan fingerprint density at radius 2 is 1.68 bits per heavy atom. The number of nitro groups is 2. The molecular weight excluding hydrogens is 564 g/mol. The molecule has 0 bridgehead atoms. The third kappa shape index (κ3) is 7.31. The van der Waals surface area contributed by atoms with Crippen LogP contribution in [0.15, 0.2) is 48.8 Å². The fraction of sp³-hybridized carbons (Fsp3) is 0.438. The van der Waals surface area contributed by atoms with Crippen LogP contribution in [0.2, 0.25) is 0 Å². The Bertz CT molecular complexity index is 1470. The lowest BCUT2D eigenvalue weighted by molar-refractivity contribution is -0.394. The van der Waals surface area contributed by atoms with Gasteiger partial charge in [0.25, 0.3) is 17.3 Å². The molecule has 1 aliphatic heterocycles. The van der Waals surface area contributed by atoms with Crippen molar-refractivity contribution >= 4 is 23.0 Å². The highest BCUT2D eigenvalue weighted by Crippen LogP contribution is 2.33. The number of nitrogens with one attached hydrogen (secondary N) is 1. The maximum Gasteiger partial charge on any atom is 0.279 e. The molecule has 0 spiro atoms. The van der Waals surface area contributed by atoms with Crippen molar-refractivity contribution in [1.82, 2.24) is 15.2 Å². The molecule has 0 aliphatic carbocycles. The number of hydrogen-bond acceptors (Lipinski definition) is 9. The number of rotatable bonds is 12. The van der Waals surface area contributed by atoms with Gasteiger partial charge in [-0.25, -0.2) is 0 Å². The Hall–Kier alpha value is -4.58. The van der Waals surface area contributed by atoms with E-state index < -0.39 is 27.1 Å². The molecule has 1 saturated heterocycles. The topological polar surface area (TPSA) is 144 Å². The van der Waals surface area contributed by atoms with E-state index in [9.17, 15) is 25.0 Å². The minimum absolute atomic E-state index is 0.0122. The van der Waals surface area contributed by atoms with Gasteiger partial charge in [0.05, 0.1) is 28.6 Å². The van der Waals surface area contributed by atoms with Gasteiger partial charge in [0, 0.05) is 67.5 Å². The number of nitro benzene ring substituents is 2. The van der Waals surface area contributed by atoms with Gasteiger partial charge in [0.1, 0.15) is 5.75 Å². The summed E-state index contributed by atoms with van der Waals surface area (Å²) in [7, 11) is 1.66. The van der Waals surface area contributed by atoms with E-state index in [4.69, 9.17) is 4.74 Å². The third-order valence-corrected chi connectivity index (χ3v) is 8.72. The van der Waals surface area contributed by atoms with Gasteiger partial charge in [-0.15, -0.1) is 0 Å². The quantitative estimate of drug-likeness (QED) is 0.209. The van der Waals surface area contributed by atoms with Crippen LogP contribution in [-0.4, -0.2) is 64.5 Å². The number of ether oxygens (including phenoxy) is 1. The first-order valence-corrected chi connectivity index (χ1v) is 14.8. The molecule has 12 nitrogen and oxygen atoms in total. The molecule has 1 N–H and O–H groups in total. The predicted octanol–water partition coefficient (Wildman–Crippen LogP) is 5.51. The zero-order valence-electron chi connectivity index (χ0n) is 25.9. The fourth-order valence-electron chi connectivity index (χ4n) is 5.96. The molecule has 4 rings (SSSR count). The minimum Gasteiger partial charge on any atom is -0.497 e. The lowest BCUT2D eigenvalue weighted by Crippen LogP contribution is -2.48. The smallest absolute Gasteiger partial charge is 0.279 e. The number of aryl methyl sites for hydroxylation is 1. The van der Waals surface area contributed by atoms with Gasteiger partial charge in [-0.05, 0) is 88.4 Å². The van der Waals surface area contributed by atoms with Crippen molar-refractivity contribution in [1.29, 1.82) is 0 Å². The van der Waals surface area contributed by atoms with Crippen LogP contribution in [0.5, 0.6) is 5.75 Å². The lowest BCUT2D eigenvalue weighted by Gasteiger charge is -2.42. The van der Waals surface area contributed by atoms with Crippen molar-refractivity contribution < 1.29 is 19.4 Å². The monoisotopic (exact) mass is 604 g/mol. The van der Waals surface area contributed by atoms with Crippen molar-refractivity contribution in [3.05, 3.63) is 96.8 Å². The number of benzene rings is 2. The normalized spacial score (nSPS) is 14.6. The number of aromatic nitrogens is 1. The van der Waals surface area contributed by atoms with Crippen LogP contribution >= 0.6 is 0 Å². The molecule has 12 heteroatoms. The molecule has 1 atom stereocenters. The maximum absolute atomic E-state index is 13.1. The second-order valence-electron chi connectivity index (χ2n) is 11.3. The van der Waals surface area contributed by atoms with E-state index in [2.05, 4.69) is 46.1 Å². The Kier molecular flexibility index (Phi) is 10.5. The summed E-state index contributed by atoms with van der Waals surface area (Å²) in [6.45, 7) is 10.0. The van der Waals surface area contributed by atoms with Crippen LogP contribution in [0.1, 0.15) is 58.8 Å². The van der Waals surface area contributed by atoms with Crippen molar-refractivity contribution in [3.63, 3.8) is 0 Å². The summed E-state index contributed by atoms with van der Waals surface area (Å²) in [5.74, 6) is 0.273. The van der Waals surface area contributed by atoms with Gasteiger partial charge < -0.3 is 19.9 Å². The highest BCUT2D eigenvalue weighted by Gasteiger charge is 2.30. The number of carbonyl (C=O) groups excluding carboxylic acids is 1. The molecule has 1 amide bonds. The zero-order chi connectivity index (χ0) is 32.0. The Morgan fingerprint density at radius 1 is 1.07 bits per heavy atom. The molecule has 3 aromatic rings. The number of nitrogens with zero attached hydrogens (tertiary/aromatic N) is 5. The number of amides is 1. The molecular formula is C32H40N6O6. The molecule has 1 aliphatic rings. The van der Waals surface area contributed by atoms with E-state index in [0.29, 0.717) is 19.0 Å². The highest BCUT2D eigenvalue weighted by atomic mass is 16.6. The summed E-state index contributed by atoms with van der Waals surface area (Å²) >= 11 is 0. The van der Waals surface area contributed by atoms with Crippen LogP contribution in [0, 0.1) is 41.0 Å². The van der Waals surface area contributed by atoms with E-state index in [-0.39, 0.29) is 22.7 Å². The number of likely N-dealkylation sites (tertiary alicyclic amines) is 1. The number of carbonyl (C=O) groups is 1. The van der Waals surface area contributed by atoms with E-state index in [1.165, 1.54) is 25.0 Å². The first-order valence-electron chi connectivity index (χ1n) is 14.8. The van der Waals surface area contributed by atoms with E-state index >= 15 is 0 Å². The first-order chi connectivity index (χ1) is 21.0. The Balaban J connectivity index is 1.38. The summed E-state index contributed by atoms with van der Waals surface area (Å²) in [5, 5.41) is 25.8. The third-order valence-electron chi connectivity index (χ3n) is 8.72. The molecule has 0 saturated carbocycles. The molecule has 2 aromatic carbocycles. The van der Waals surface area contributed by atoms with Gasteiger partial charge in [-0.3, -0.25) is 30.0 Å². The summed E-state index contributed by atoms with van der Waals surface area (Å²) in [6.07, 6.45) is 6.36. The summed E-state index contributed by atoms with van der Waals surface area (Å²) in [4.78, 5) is 43.8. The van der Waals surface area contributed by atoms with E-state index in [1.807, 2.05) is 30.6 Å². The van der Waals surface area contributed by atoms with Crippen LogP contribution in [-0.2, 0) is 6.54 Å². The molecule has 44 heavy (non-hydrogen) atoms. The van der Waals surface area contributed by atoms with Gasteiger partial charge >= 0.3 is 0 Å². The second kappa shape index (κ2) is 14.3. The number of hydrogen-bond donors (Lipinski definition) is 1. The second-order valence-corrected chi connectivity index (χ2v) is 11.3. The molecule has 0 unspecified atom stereocenters. The van der Waals surface area contributed by atoms with Crippen molar-refractivity contribution in [2.24, 2.45) is 0 Å². The standard InChI is InChI=1S/C32H40N6O6/c1-21-10-14-33-19-25(21)20-36(26-6-8-28(44-5)9-7-26)27-12-16-35(17-13-27)22(2)11-15-34-32(39)31-23(3)29(37(40)41)18-30(24(31)4)38(42)43/h6-10,14,18-19,22,27H,11-13,15-17,20H2,1-5H3,(H,34,39)/t22-/m1/s1. The minimum atomic E-state index is -0.697. The van der Waals surface area contributed by atoms with Crippen molar-refractivity contribution in [2.75, 3.05) is 31.6 Å². The van der Waals surface area contributed by atoms with Gasteiger partial charge in [-0.1, -0.05) is 0 Å². The largest absolute Gasteiger partial charge is 0.497 e. The van der Waals surface area contributed by atoms with Crippen LogP contribution < -0.4 is 15.0 Å². The van der Waals surface area contributed by atoms with E-state index in [0.717, 1.165) is 50.0 Å². The number of methoxy groups -OCH3 is 1. The van der Waals surface area contributed by atoms with Crippen molar-refractivity contribution in [3.8, 4) is 5.75 Å². The Labute approximate surface area is 257 Å². The average Bonchev–Trinajstić information content (AvgIpc) is 3.00. The summed E-state index contributed by atoms with van der Waals surface area (Å²) in [5.41, 5.74) is 2.88. The fourth-order valence-corrected chi connectivity index (χ4v) is 5.96. The summed E-state index contributed by atoms with van der Waals surface area (Å²) in [6, 6.07) is 11.6. The van der Waals surface area contributed by atoms with E-state index in [1.54, 1.807) is 7.11 Å². The van der Waals surface area contributed by atoms with Gasteiger partial charge in [-0.2, -0.15) is 0 Å². The molecule has 234 valence electrons. The van der Waals surface area contributed by atoms with Gasteiger partial charge in [0.15, 0.2) is 0 Å². The van der Waals surface area contributed by atoms with Gasteiger partial charge in [0.2, 0.25) is 0 Å². The van der Waals surface area contributed by atoms with Crippen LogP contribution in [0.4, 0.5) is 17.1 Å². The van der Waals surface area contributed by atoms with Crippen molar-refractivity contribution in [2.45, 2.75) is 65.6 Å². The average molecular weight is 605 g/mol. The SMILES string of the molecule is COc1ccc(N(Cc2cnccc2C)C2CCN([C@H](C)CCNC(=O)c3c(C)c([N+](=O)[O-])cc([N+](=O)[O-])c3C)CC2)cc1. The molecule has 2 heterocycles. The zero-order valence-corrected chi connectivity index (χ0v) is 25.9. The molecule has 0 radical (unpaired) electrons. The number of pyridine rings is 1. The highest BCUT2D eigenvalue weighted by molar-refractivity contribution is 5.99. The summed E-state index contributed by atoms with van der Waals surface area (Å²) < 4.78 is 5.37. The Morgan fingerprint density at radius 3 is 2.23 bits per heavy atom.